The predicted octanol–water partition coefficient (Wildman–Crippen LogP) is 4.56. The minimum absolute atomic E-state index is 0.237. The van der Waals surface area contributed by atoms with E-state index in [1.54, 1.807) is 24.3 Å². The van der Waals surface area contributed by atoms with Crippen molar-refractivity contribution in [1.29, 1.82) is 0 Å². The Balaban J connectivity index is 1.81. The Labute approximate surface area is 178 Å². The Morgan fingerprint density at radius 2 is 1.45 bits per heavy atom. The molecule has 148 valence electrons. The largest absolute Gasteiger partial charge is 0.396 e. The number of halogens is 2. The van der Waals surface area contributed by atoms with Crippen molar-refractivity contribution in [3.05, 3.63) is 94.0 Å². The predicted molar refractivity (Wildman–Crippen MR) is 117 cm³/mol. The molecule has 0 aliphatic carbocycles. The van der Waals surface area contributed by atoms with Crippen LogP contribution in [-0.4, -0.2) is 17.9 Å². The van der Waals surface area contributed by atoms with Gasteiger partial charge in [-0.2, -0.15) is 0 Å². The van der Waals surface area contributed by atoms with Crippen LogP contribution >= 0.6 is 23.2 Å². The molecule has 3 aromatic rings. The summed E-state index contributed by atoms with van der Waals surface area (Å²) in [6, 6.07) is 20.4. The van der Waals surface area contributed by atoms with Crippen molar-refractivity contribution in [1.82, 2.24) is 5.32 Å². The monoisotopic (exact) mass is 427 g/mol. The number of amides is 2. The maximum absolute atomic E-state index is 12.9. The van der Waals surface area contributed by atoms with Crippen LogP contribution in [0.4, 0.5) is 11.4 Å². The first-order valence-corrected chi connectivity index (χ1v) is 9.65. The number of nitrogen functional groups attached to an aromatic ring is 1. The third-order valence-corrected chi connectivity index (χ3v) is 4.91. The highest BCUT2D eigenvalue weighted by atomic mass is 35.5. The van der Waals surface area contributed by atoms with Crippen LogP contribution in [-0.2, 0) is 11.2 Å². The molecule has 29 heavy (non-hydrogen) atoms. The smallest absolute Gasteiger partial charge is 0.251 e. The molecule has 0 saturated heterocycles. The molecule has 0 saturated carbocycles. The fraction of sp³-hybridized carbons (Fsp3) is 0.0909. The van der Waals surface area contributed by atoms with Crippen LogP contribution < -0.4 is 16.4 Å². The summed E-state index contributed by atoms with van der Waals surface area (Å²) in [6.45, 7) is 0. The minimum Gasteiger partial charge on any atom is -0.396 e. The number of benzene rings is 3. The Hall–Kier alpha value is -3.02. The van der Waals surface area contributed by atoms with Crippen molar-refractivity contribution in [3.63, 3.8) is 0 Å². The number of nitrogens with one attached hydrogen (secondary N) is 2. The first-order chi connectivity index (χ1) is 13.9. The molecule has 0 radical (unpaired) electrons. The molecule has 0 aliphatic rings. The van der Waals surface area contributed by atoms with Gasteiger partial charge in [0.05, 0.1) is 15.7 Å². The number of carbonyl (C=O) groups is 2. The van der Waals surface area contributed by atoms with E-state index in [1.165, 1.54) is 12.1 Å². The molecule has 0 fully saturated rings. The van der Waals surface area contributed by atoms with Gasteiger partial charge >= 0.3 is 0 Å². The molecule has 0 aromatic heterocycles. The highest BCUT2D eigenvalue weighted by Crippen LogP contribution is 2.31. The Morgan fingerprint density at radius 3 is 2.03 bits per heavy atom. The number of carbonyl (C=O) groups excluding carboxylic acids is 2. The summed E-state index contributed by atoms with van der Waals surface area (Å²) in [4.78, 5) is 25.6. The molecule has 3 rings (SSSR count). The minimum atomic E-state index is -0.805. The van der Waals surface area contributed by atoms with E-state index >= 15 is 0 Å². The van der Waals surface area contributed by atoms with Crippen LogP contribution in [0, 0.1) is 0 Å². The van der Waals surface area contributed by atoms with Crippen LogP contribution in [0.25, 0.3) is 0 Å². The molecule has 7 heteroatoms. The maximum atomic E-state index is 12.9. The van der Waals surface area contributed by atoms with Crippen molar-refractivity contribution in [2.45, 2.75) is 12.5 Å². The van der Waals surface area contributed by atoms with Crippen LogP contribution in [0.15, 0.2) is 72.8 Å². The second kappa shape index (κ2) is 9.45. The lowest BCUT2D eigenvalue weighted by Crippen LogP contribution is -2.45. The molecular formula is C22H19Cl2N3O2. The first-order valence-electron chi connectivity index (χ1n) is 8.89. The van der Waals surface area contributed by atoms with Gasteiger partial charge in [-0.1, -0.05) is 71.7 Å². The summed E-state index contributed by atoms with van der Waals surface area (Å²) in [7, 11) is 0. The zero-order valence-electron chi connectivity index (χ0n) is 15.4. The summed E-state index contributed by atoms with van der Waals surface area (Å²) in [5.41, 5.74) is 7.76. The molecular weight excluding hydrogens is 409 g/mol. The first kappa shape index (κ1) is 20.7. The molecule has 2 amide bonds. The van der Waals surface area contributed by atoms with E-state index in [0.717, 1.165) is 5.56 Å². The highest BCUT2D eigenvalue weighted by Gasteiger charge is 2.22. The summed E-state index contributed by atoms with van der Waals surface area (Å²) in [6.07, 6.45) is 0.321. The quantitative estimate of drug-likeness (QED) is 0.504. The Morgan fingerprint density at radius 1 is 0.897 bits per heavy atom. The lowest BCUT2D eigenvalue weighted by molar-refractivity contribution is -0.118. The number of hydrogen-bond donors (Lipinski definition) is 3. The second-order valence-corrected chi connectivity index (χ2v) is 7.24. The Kier molecular flexibility index (Phi) is 6.75. The van der Waals surface area contributed by atoms with Crippen molar-refractivity contribution >= 4 is 46.4 Å². The maximum Gasteiger partial charge on any atom is 0.251 e. The van der Waals surface area contributed by atoms with Crippen LogP contribution in [0.2, 0.25) is 10.0 Å². The topological polar surface area (TPSA) is 84.2 Å². The summed E-state index contributed by atoms with van der Waals surface area (Å²) in [5, 5.41) is 6.02. The van der Waals surface area contributed by atoms with E-state index in [1.807, 2.05) is 36.4 Å². The number of anilines is 2. The number of nitrogens with two attached hydrogens (primary N) is 1. The van der Waals surface area contributed by atoms with Crippen molar-refractivity contribution in [3.8, 4) is 0 Å². The van der Waals surface area contributed by atoms with E-state index < -0.39 is 11.9 Å². The van der Waals surface area contributed by atoms with Gasteiger partial charge in [-0.25, -0.2) is 0 Å². The normalized spacial score (nSPS) is 11.5. The van der Waals surface area contributed by atoms with Gasteiger partial charge in [0.15, 0.2) is 0 Å². The van der Waals surface area contributed by atoms with E-state index in [9.17, 15) is 9.59 Å². The molecule has 1 unspecified atom stereocenters. The fourth-order valence-corrected chi connectivity index (χ4v) is 3.26. The molecule has 1 atom stereocenters. The van der Waals surface area contributed by atoms with Gasteiger partial charge in [-0.15, -0.1) is 0 Å². The average Bonchev–Trinajstić information content (AvgIpc) is 2.72. The molecule has 0 bridgehead atoms. The van der Waals surface area contributed by atoms with Gasteiger partial charge in [0.1, 0.15) is 6.04 Å². The zero-order chi connectivity index (χ0) is 20.8. The third kappa shape index (κ3) is 5.50. The number of hydrogen-bond acceptors (Lipinski definition) is 3. The molecule has 0 spiro atoms. The van der Waals surface area contributed by atoms with Crippen LogP contribution in [0.3, 0.4) is 0 Å². The Bertz CT molecular complexity index is 988. The van der Waals surface area contributed by atoms with Gasteiger partial charge in [-0.05, 0) is 29.8 Å². The lowest BCUT2D eigenvalue weighted by Gasteiger charge is -2.19. The van der Waals surface area contributed by atoms with E-state index in [2.05, 4.69) is 10.6 Å². The van der Waals surface area contributed by atoms with Gasteiger partial charge < -0.3 is 16.4 Å². The highest BCUT2D eigenvalue weighted by molar-refractivity contribution is 6.39. The second-order valence-electron chi connectivity index (χ2n) is 6.42. The standard InChI is InChI=1S/C22H19Cl2N3O2/c23-17-12-16(13-18(24)20(17)25)26-22(29)19(11-14-7-3-1-4-8-14)27-21(28)15-9-5-2-6-10-15/h1-10,12-13,19H,11,25H2,(H,26,29)(H,27,28). The average molecular weight is 428 g/mol. The van der Waals surface area contributed by atoms with E-state index in [-0.39, 0.29) is 21.6 Å². The lowest BCUT2D eigenvalue weighted by atomic mass is 10.0. The third-order valence-electron chi connectivity index (χ3n) is 4.29. The fourth-order valence-electron chi connectivity index (χ4n) is 2.78. The van der Waals surface area contributed by atoms with Gasteiger partial charge in [0, 0.05) is 17.7 Å². The molecule has 3 aromatic carbocycles. The van der Waals surface area contributed by atoms with Crippen LogP contribution in [0.1, 0.15) is 15.9 Å². The van der Waals surface area contributed by atoms with Crippen LogP contribution in [0.5, 0.6) is 0 Å². The van der Waals surface area contributed by atoms with Gasteiger partial charge in [-0.3, -0.25) is 9.59 Å². The zero-order valence-corrected chi connectivity index (χ0v) is 16.9. The van der Waals surface area contributed by atoms with E-state index in [4.69, 9.17) is 28.9 Å². The van der Waals surface area contributed by atoms with Crippen molar-refractivity contribution in [2.75, 3.05) is 11.1 Å². The number of rotatable bonds is 6. The van der Waals surface area contributed by atoms with E-state index in [0.29, 0.717) is 17.7 Å². The molecule has 5 nitrogen and oxygen atoms in total. The SMILES string of the molecule is Nc1c(Cl)cc(NC(=O)C(Cc2ccccc2)NC(=O)c2ccccc2)cc1Cl. The van der Waals surface area contributed by atoms with Crippen molar-refractivity contribution in [2.24, 2.45) is 0 Å². The molecule has 4 N–H and O–H groups in total. The summed E-state index contributed by atoms with van der Waals surface area (Å²) >= 11 is 12.1. The molecule has 0 aliphatic heterocycles. The van der Waals surface area contributed by atoms with Gasteiger partial charge in [0.25, 0.3) is 5.91 Å². The molecule has 0 heterocycles. The van der Waals surface area contributed by atoms with Gasteiger partial charge in [0.2, 0.25) is 5.91 Å². The summed E-state index contributed by atoms with van der Waals surface area (Å²) < 4.78 is 0. The summed E-state index contributed by atoms with van der Waals surface area (Å²) in [5.74, 6) is -0.731. The van der Waals surface area contributed by atoms with Crippen molar-refractivity contribution < 1.29 is 9.59 Å².